The molecule has 0 radical (unpaired) electrons. The van der Waals surface area contributed by atoms with Crippen LogP contribution in [0.5, 0.6) is 0 Å². The van der Waals surface area contributed by atoms with Gasteiger partial charge in [0.15, 0.2) is 0 Å². The average molecular weight is 214 g/mol. The second-order valence-electron chi connectivity index (χ2n) is 4.81. The van der Waals surface area contributed by atoms with Gasteiger partial charge in [0.1, 0.15) is 0 Å². The lowest BCUT2D eigenvalue weighted by Crippen LogP contribution is -2.32. The van der Waals surface area contributed by atoms with Gasteiger partial charge in [-0.1, -0.05) is 26.7 Å². The summed E-state index contributed by atoms with van der Waals surface area (Å²) in [4.78, 5) is 11.6. The summed E-state index contributed by atoms with van der Waals surface area (Å²) in [5.74, 6) is 0.0721. The molecule has 3 nitrogen and oxygen atoms in total. The van der Waals surface area contributed by atoms with Crippen LogP contribution in [0, 0.1) is 11.8 Å². The number of aliphatic hydroxyl groups is 1. The van der Waals surface area contributed by atoms with E-state index in [1.165, 1.54) is 0 Å². The third-order valence-electron chi connectivity index (χ3n) is 2.97. The molecule has 1 fully saturated rings. The summed E-state index contributed by atoms with van der Waals surface area (Å²) in [6.45, 7) is 4.69. The van der Waals surface area contributed by atoms with E-state index in [0.29, 0.717) is 12.5 Å². The second-order valence-corrected chi connectivity index (χ2v) is 4.81. The van der Waals surface area contributed by atoms with E-state index in [-0.39, 0.29) is 11.9 Å². The molecule has 1 rings (SSSR count). The van der Waals surface area contributed by atoms with Crippen molar-refractivity contribution in [2.24, 2.45) is 11.8 Å². The summed E-state index contributed by atoms with van der Waals surface area (Å²) in [5.41, 5.74) is 0. The van der Waals surface area contributed by atoms with Crippen LogP contribution in [0.4, 0.5) is 0 Å². The van der Waals surface area contributed by atoms with Gasteiger partial charge in [-0.25, -0.2) is 0 Å². The number of aliphatic hydroxyl groups excluding tert-OH is 1. The summed E-state index contributed by atoms with van der Waals surface area (Å²) in [6.07, 6.45) is 3.99. The number of hydrogen-bond acceptors (Lipinski definition) is 3. The summed E-state index contributed by atoms with van der Waals surface area (Å²) in [6, 6.07) is 0. The van der Waals surface area contributed by atoms with Crippen LogP contribution in [0.3, 0.4) is 0 Å². The van der Waals surface area contributed by atoms with Crippen molar-refractivity contribution < 1.29 is 14.6 Å². The summed E-state index contributed by atoms with van der Waals surface area (Å²) in [7, 11) is 0. The first kappa shape index (κ1) is 12.5. The number of hydrogen-bond donors (Lipinski definition) is 1. The molecule has 1 saturated carbocycles. The first-order valence-electron chi connectivity index (χ1n) is 5.96. The van der Waals surface area contributed by atoms with Crippen LogP contribution in [-0.4, -0.2) is 23.8 Å². The van der Waals surface area contributed by atoms with Gasteiger partial charge < -0.3 is 9.84 Å². The highest BCUT2D eigenvalue weighted by Crippen LogP contribution is 2.25. The zero-order chi connectivity index (χ0) is 11.3. The highest BCUT2D eigenvalue weighted by atomic mass is 16.5. The molecule has 3 heteroatoms. The first-order chi connectivity index (χ1) is 7.11. The fourth-order valence-electron chi connectivity index (χ4n) is 1.89. The minimum atomic E-state index is -0.481. The Bertz CT molecular complexity index is 201. The molecule has 0 amide bonds. The smallest absolute Gasteiger partial charge is 0.311 e. The van der Waals surface area contributed by atoms with Crippen LogP contribution in [0.1, 0.15) is 46.0 Å². The predicted molar refractivity (Wildman–Crippen MR) is 58.4 cm³/mol. The van der Waals surface area contributed by atoms with Crippen LogP contribution in [-0.2, 0) is 9.53 Å². The van der Waals surface area contributed by atoms with Crippen LogP contribution in [0.2, 0.25) is 0 Å². The van der Waals surface area contributed by atoms with Gasteiger partial charge in [0, 0.05) is 0 Å². The van der Waals surface area contributed by atoms with Gasteiger partial charge >= 0.3 is 5.97 Å². The normalized spacial score (nSPS) is 26.7. The predicted octanol–water partition coefficient (Wildman–Crippen LogP) is 2.13. The fourth-order valence-corrected chi connectivity index (χ4v) is 1.89. The zero-order valence-electron chi connectivity index (χ0n) is 9.74. The van der Waals surface area contributed by atoms with E-state index in [1.807, 2.05) is 0 Å². The highest BCUT2D eigenvalue weighted by molar-refractivity contribution is 5.73. The molecule has 0 aromatic heterocycles. The van der Waals surface area contributed by atoms with Gasteiger partial charge in [-0.05, 0) is 25.2 Å². The third-order valence-corrected chi connectivity index (χ3v) is 2.97. The lowest BCUT2D eigenvalue weighted by atomic mass is 9.87. The number of rotatable bonds is 4. The molecule has 0 aliphatic heterocycles. The molecular formula is C12H22O3. The molecule has 1 aliphatic carbocycles. The number of ether oxygens (including phenoxy) is 1. The van der Waals surface area contributed by atoms with Crippen molar-refractivity contribution in [1.82, 2.24) is 0 Å². The molecule has 0 aromatic carbocycles. The van der Waals surface area contributed by atoms with Crippen LogP contribution in [0.25, 0.3) is 0 Å². The monoisotopic (exact) mass is 214 g/mol. The van der Waals surface area contributed by atoms with Crippen LogP contribution < -0.4 is 0 Å². The van der Waals surface area contributed by atoms with E-state index in [4.69, 9.17) is 4.74 Å². The Morgan fingerprint density at radius 2 is 2.07 bits per heavy atom. The molecule has 0 bridgehead atoms. The fraction of sp³-hybridized carbons (Fsp3) is 0.917. The molecule has 2 unspecified atom stereocenters. The molecule has 0 heterocycles. The van der Waals surface area contributed by atoms with Crippen molar-refractivity contribution in [3.63, 3.8) is 0 Å². The molecular weight excluding hydrogens is 192 g/mol. The van der Waals surface area contributed by atoms with Crippen molar-refractivity contribution in [3.8, 4) is 0 Å². The molecule has 0 saturated heterocycles. The Morgan fingerprint density at radius 1 is 1.40 bits per heavy atom. The maximum atomic E-state index is 11.6. The molecule has 2 atom stereocenters. The lowest BCUT2D eigenvalue weighted by molar-refractivity contribution is -0.154. The maximum Gasteiger partial charge on any atom is 0.311 e. The first-order valence-corrected chi connectivity index (χ1v) is 5.96. The van der Waals surface area contributed by atoms with E-state index in [0.717, 1.165) is 32.1 Å². The minimum absolute atomic E-state index is 0.206. The standard InChI is InChI=1S/C12H22O3/c1-9(2)7-8-15-12(14)10-5-3-4-6-11(10)13/h9-11,13H,3-8H2,1-2H3. The number of carbonyl (C=O) groups is 1. The van der Waals surface area contributed by atoms with Gasteiger partial charge in [-0.3, -0.25) is 4.79 Å². The Morgan fingerprint density at radius 3 is 2.67 bits per heavy atom. The van der Waals surface area contributed by atoms with Gasteiger partial charge in [0.2, 0.25) is 0 Å². The van der Waals surface area contributed by atoms with Crippen molar-refractivity contribution in [3.05, 3.63) is 0 Å². The topological polar surface area (TPSA) is 46.5 Å². The molecule has 15 heavy (non-hydrogen) atoms. The average Bonchev–Trinajstić information content (AvgIpc) is 2.17. The van der Waals surface area contributed by atoms with Crippen molar-refractivity contribution in [1.29, 1.82) is 0 Å². The number of carbonyl (C=O) groups excluding carboxylic acids is 1. The van der Waals surface area contributed by atoms with Crippen LogP contribution >= 0.6 is 0 Å². The Labute approximate surface area is 91.8 Å². The molecule has 1 aliphatic rings. The van der Waals surface area contributed by atoms with E-state index in [1.54, 1.807) is 0 Å². The lowest BCUT2D eigenvalue weighted by Gasteiger charge is -2.25. The second kappa shape index (κ2) is 6.11. The molecule has 0 aromatic rings. The Hall–Kier alpha value is -0.570. The Balaban J connectivity index is 2.26. The zero-order valence-corrected chi connectivity index (χ0v) is 9.74. The molecule has 1 N–H and O–H groups in total. The quantitative estimate of drug-likeness (QED) is 0.729. The molecule has 88 valence electrons. The van der Waals surface area contributed by atoms with E-state index in [2.05, 4.69) is 13.8 Å². The van der Waals surface area contributed by atoms with Crippen molar-refractivity contribution in [2.45, 2.75) is 52.1 Å². The number of esters is 1. The van der Waals surface area contributed by atoms with Gasteiger partial charge in [0.25, 0.3) is 0 Å². The maximum absolute atomic E-state index is 11.6. The largest absolute Gasteiger partial charge is 0.465 e. The SMILES string of the molecule is CC(C)CCOC(=O)C1CCCCC1O. The van der Waals surface area contributed by atoms with Crippen molar-refractivity contribution in [2.75, 3.05) is 6.61 Å². The summed E-state index contributed by atoms with van der Waals surface area (Å²) in [5, 5.41) is 9.65. The van der Waals surface area contributed by atoms with Gasteiger partial charge in [-0.2, -0.15) is 0 Å². The summed E-state index contributed by atoms with van der Waals surface area (Å²) >= 11 is 0. The van der Waals surface area contributed by atoms with Gasteiger partial charge in [0.05, 0.1) is 18.6 Å². The van der Waals surface area contributed by atoms with E-state index < -0.39 is 6.10 Å². The van der Waals surface area contributed by atoms with Crippen molar-refractivity contribution >= 4 is 5.97 Å². The summed E-state index contributed by atoms with van der Waals surface area (Å²) < 4.78 is 5.16. The minimum Gasteiger partial charge on any atom is -0.465 e. The highest BCUT2D eigenvalue weighted by Gasteiger charge is 2.30. The van der Waals surface area contributed by atoms with Crippen LogP contribution in [0.15, 0.2) is 0 Å². The Kier molecular flexibility index (Phi) is 5.09. The molecule has 0 spiro atoms. The van der Waals surface area contributed by atoms with E-state index >= 15 is 0 Å². The van der Waals surface area contributed by atoms with Gasteiger partial charge in [-0.15, -0.1) is 0 Å². The van der Waals surface area contributed by atoms with E-state index in [9.17, 15) is 9.90 Å². The third kappa shape index (κ3) is 4.20.